The molecule has 1 aliphatic carbocycles. The molecule has 3 rings (SSSR count). The number of hydrogen-bond acceptors (Lipinski definition) is 3. The smallest absolute Gasteiger partial charge is 0.256 e. The van der Waals surface area contributed by atoms with Crippen LogP contribution < -0.4 is 5.32 Å². The molecule has 0 spiro atoms. The van der Waals surface area contributed by atoms with Gasteiger partial charge in [0.2, 0.25) is 0 Å². The number of nitrogens with zero attached hydrogens (tertiary/aromatic N) is 2. The maximum atomic E-state index is 12.6. The van der Waals surface area contributed by atoms with Crippen LogP contribution in [-0.4, -0.2) is 27.3 Å². The highest BCUT2D eigenvalue weighted by Crippen LogP contribution is 2.34. The fourth-order valence-corrected chi connectivity index (χ4v) is 3.80. The number of hydrogen-bond donors (Lipinski definition) is 2. The summed E-state index contributed by atoms with van der Waals surface area (Å²) in [4.78, 5) is 12.6. The summed E-state index contributed by atoms with van der Waals surface area (Å²) in [6.45, 7) is 4.44. The van der Waals surface area contributed by atoms with E-state index in [-0.39, 0.29) is 12.5 Å². The van der Waals surface area contributed by atoms with Crippen LogP contribution in [0.1, 0.15) is 46.9 Å². The maximum Gasteiger partial charge on any atom is 0.256 e. The van der Waals surface area contributed by atoms with Gasteiger partial charge in [0.05, 0.1) is 17.8 Å². The molecule has 1 aromatic heterocycles. The average Bonchev–Trinajstić information content (AvgIpc) is 2.87. The standard InChI is InChI=1S/C18H22ClN3O2/c1-3-22-16(19)15(12(2)21-22)17(23)20-11-18(24)10-6-8-13-7-4-5-9-14(13)18/h4-5,7,9,24H,3,6,8,10-11H2,1-2H3,(H,20,23)/t18-/m1/s1. The molecule has 24 heavy (non-hydrogen) atoms. The summed E-state index contributed by atoms with van der Waals surface area (Å²) in [5, 5.41) is 18.5. The van der Waals surface area contributed by atoms with Crippen molar-refractivity contribution in [3.63, 3.8) is 0 Å². The van der Waals surface area contributed by atoms with Gasteiger partial charge in [-0.3, -0.25) is 9.48 Å². The van der Waals surface area contributed by atoms with Crippen molar-refractivity contribution in [1.82, 2.24) is 15.1 Å². The van der Waals surface area contributed by atoms with E-state index in [2.05, 4.69) is 10.4 Å². The summed E-state index contributed by atoms with van der Waals surface area (Å²) in [5.41, 5.74) is 1.99. The average molecular weight is 348 g/mol. The number of fused-ring (bicyclic) bond motifs is 1. The Bertz CT molecular complexity index is 772. The monoisotopic (exact) mass is 347 g/mol. The topological polar surface area (TPSA) is 67.2 Å². The minimum absolute atomic E-state index is 0.163. The Balaban J connectivity index is 1.79. The predicted octanol–water partition coefficient (Wildman–Crippen LogP) is 2.82. The van der Waals surface area contributed by atoms with Crippen LogP contribution in [0.3, 0.4) is 0 Å². The second kappa shape index (κ2) is 6.57. The Morgan fingerprint density at radius 2 is 2.21 bits per heavy atom. The number of carbonyl (C=O) groups excluding carboxylic acids is 1. The van der Waals surface area contributed by atoms with Crippen LogP contribution in [-0.2, 0) is 18.6 Å². The van der Waals surface area contributed by atoms with Crippen molar-refractivity contribution in [1.29, 1.82) is 0 Å². The molecule has 1 aliphatic rings. The van der Waals surface area contributed by atoms with Gasteiger partial charge in [-0.25, -0.2) is 0 Å². The first-order valence-electron chi connectivity index (χ1n) is 8.28. The SMILES string of the molecule is CCn1nc(C)c(C(=O)NC[C@]2(O)CCCc3ccccc32)c1Cl. The lowest BCUT2D eigenvalue weighted by Crippen LogP contribution is -2.43. The number of carbonyl (C=O) groups is 1. The zero-order chi connectivity index (χ0) is 17.3. The predicted molar refractivity (Wildman–Crippen MR) is 93.3 cm³/mol. The van der Waals surface area contributed by atoms with E-state index in [0.717, 1.165) is 24.0 Å². The molecule has 2 N–H and O–H groups in total. The van der Waals surface area contributed by atoms with Crippen molar-refractivity contribution < 1.29 is 9.90 Å². The largest absolute Gasteiger partial charge is 0.383 e. The van der Waals surface area contributed by atoms with Gasteiger partial charge in [0.25, 0.3) is 5.91 Å². The normalized spacial score (nSPS) is 19.8. The zero-order valence-electron chi connectivity index (χ0n) is 14.0. The molecule has 1 heterocycles. The highest BCUT2D eigenvalue weighted by Gasteiger charge is 2.35. The molecule has 0 aliphatic heterocycles. The van der Waals surface area contributed by atoms with Gasteiger partial charge in [0.1, 0.15) is 10.8 Å². The second-order valence-electron chi connectivity index (χ2n) is 6.29. The molecule has 2 aromatic rings. The molecule has 0 unspecified atom stereocenters. The van der Waals surface area contributed by atoms with Crippen LogP contribution in [0.4, 0.5) is 0 Å². The van der Waals surface area contributed by atoms with Crippen LogP contribution in [0.2, 0.25) is 5.15 Å². The molecule has 1 amide bonds. The Labute approximate surface area is 146 Å². The van der Waals surface area contributed by atoms with Crippen LogP contribution in [0.15, 0.2) is 24.3 Å². The van der Waals surface area contributed by atoms with Gasteiger partial charge in [-0.05, 0) is 44.2 Å². The fraction of sp³-hybridized carbons (Fsp3) is 0.444. The molecule has 0 bridgehead atoms. The number of amides is 1. The Morgan fingerprint density at radius 1 is 1.46 bits per heavy atom. The Kier molecular flexibility index (Phi) is 4.65. The molecule has 5 nitrogen and oxygen atoms in total. The van der Waals surface area contributed by atoms with E-state index >= 15 is 0 Å². The lowest BCUT2D eigenvalue weighted by Gasteiger charge is -2.34. The van der Waals surface area contributed by atoms with Crippen molar-refractivity contribution in [2.24, 2.45) is 0 Å². The fourth-order valence-electron chi connectivity index (χ4n) is 3.42. The summed E-state index contributed by atoms with van der Waals surface area (Å²) in [5.74, 6) is -0.298. The zero-order valence-corrected chi connectivity index (χ0v) is 14.7. The third kappa shape index (κ3) is 2.94. The Morgan fingerprint density at radius 3 is 2.92 bits per heavy atom. The van der Waals surface area contributed by atoms with Crippen LogP contribution in [0.25, 0.3) is 0 Å². The van der Waals surface area contributed by atoms with Gasteiger partial charge in [-0.1, -0.05) is 35.9 Å². The number of aromatic nitrogens is 2. The third-order valence-corrected chi connectivity index (χ3v) is 5.07. The van der Waals surface area contributed by atoms with Crippen molar-refractivity contribution in [2.75, 3.05) is 6.54 Å². The summed E-state index contributed by atoms with van der Waals surface area (Å²) in [6.07, 6.45) is 2.49. The molecule has 6 heteroatoms. The number of halogens is 1. The van der Waals surface area contributed by atoms with E-state index in [9.17, 15) is 9.90 Å². The number of nitrogens with one attached hydrogen (secondary N) is 1. The molecule has 128 valence electrons. The first kappa shape index (κ1) is 17.0. The van der Waals surface area contributed by atoms with Gasteiger partial charge < -0.3 is 10.4 Å². The number of benzene rings is 1. The minimum Gasteiger partial charge on any atom is -0.383 e. The molecular weight excluding hydrogens is 326 g/mol. The summed E-state index contributed by atoms with van der Waals surface area (Å²) < 4.78 is 1.59. The third-order valence-electron chi connectivity index (χ3n) is 4.69. The molecular formula is C18H22ClN3O2. The molecule has 0 radical (unpaired) electrons. The second-order valence-corrected chi connectivity index (χ2v) is 6.65. The lowest BCUT2D eigenvalue weighted by molar-refractivity contribution is 0.0189. The van der Waals surface area contributed by atoms with E-state index in [1.807, 2.05) is 31.2 Å². The van der Waals surface area contributed by atoms with Crippen molar-refractivity contribution in [3.05, 3.63) is 51.8 Å². The van der Waals surface area contributed by atoms with E-state index < -0.39 is 5.60 Å². The molecule has 1 aromatic carbocycles. The first-order valence-corrected chi connectivity index (χ1v) is 8.66. The van der Waals surface area contributed by atoms with Crippen LogP contribution >= 0.6 is 11.6 Å². The highest BCUT2D eigenvalue weighted by atomic mass is 35.5. The summed E-state index contributed by atoms with van der Waals surface area (Å²) in [7, 11) is 0. The van der Waals surface area contributed by atoms with Gasteiger partial charge >= 0.3 is 0 Å². The first-order chi connectivity index (χ1) is 11.5. The number of aryl methyl sites for hydroxylation is 3. The van der Waals surface area contributed by atoms with Gasteiger partial charge in [0.15, 0.2) is 0 Å². The number of rotatable bonds is 4. The van der Waals surface area contributed by atoms with Gasteiger partial charge in [-0.15, -0.1) is 0 Å². The maximum absolute atomic E-state index is 12.6. The highest BCUT2D eigenvalue weighted by molar-refractivity contribution is 6.33. The number of aliphatic hydroxyl groups is 1. The minimum atomic E-state index is -1.04. The molecule has 0 fully saturated rings. The molecule has 1 atom stereocenters. The Hall–Kier alpha value is -1.85. The van der Waals surface area contributed by atoms with E-state index in [4.69, 9.17) is 11.6 Å². The summed E-state index contributed by atoms with van der Waals surface area (Å²) >= 11 is 6.24. The lowest BCUT2D eigenvalue weighted by atomic mass is 9.79. The van der Waals surface area contributed by atoms with Crippen molar-refractivity contribution in [2.45, 2.75) is 45.3 Å². The van der Waals surface area contributed by atoms with Crippen molar-refractivity contribution in [3.8, 4) is 0 Å². The van der Waals surface area contributed by atoms with E-state index in [0.29, 0.717) is 29.4 Å². The summed E-state index contributed by atoms with van der Waals surface area (Å²) in [6, 6.07) is 7.87. The van der Waals surface area contributed by atoms with E-state index in [1.165, 1.54) is 0 Å². The van der Waals surface area contributed by atoms with E-state index in [1.54, 1.807) is 11.6 Å². The molecule has 0 saturated heterocycles. The van der Waals surface area contributed by atoms with Crippen LogP contribution in [0, 0.1) is 6.92 Å². The van der Waals surface area contributed by atoms with Gasteiger partial charge in [-0.2, -0.15) is 5.10 Å². The molecule has 0 saturated carbocycles. The quantitative estimate of drug-likeness (QED) is 0.893. The van der Waals surface area contributed by atoms with Gasteiger partial charge in [0, 0.05) is 6.54 Å². The van der Waals surface area contributed by atoms with Crippen LogP contribution in [0.5, 0.6) is 0 Å². The van der Waals surface area contributed by atoms with Crippen molar-refractivity contribution >= 4 is 17.5 Å².